The summed E-state index contributed by atoms with van der Waals surface area (Å²) in [5.74, 6) is 0.775. The fraction of sp³-hybridized carbons (Fsp3) is 0.692. The van der Waals surface area contributed by atoms with Crippen LogP contribution in [0.4, 0.5) is 0 Å². The molecule has 1 nitrogen and oxygen atoms in total. The molecule has 0 radical (unpaired) electrons. The molecule has 1 saturated carbocycles. The number of thiophene rings is 1. The predicted molar refractivity (Wildman–Crippen MR) is 67.7 cm³/mol. The van der Waals surface area contributed by atoms with E-state index in [-0.39, 0.29) is 0 Å². The van der Waals surface area contributed by atoms with Gasteiger partial charge >= 0.3 is 0 Å². The smallest absolute Gasteiger partial charge is 0.0144 e. The van der Waals surface area contributed by atoms with E-state index in [2.05, 4.69) is 31.3 Å². The Balaban J connectivity index is 2.10. The highest BCUT2D eigenvalue weighted by molar-refractivity contribution is 7.12. The van der Waals surface area contributed by atoms with E-state index in [0.29, 0.717) is 0 Å². The van der Waals surface area contributed by atoms with E-state index in [1.807, 2.05) is 11.3 Å². The van der Waals surface area contributed by atoms with Crippen LogP contribution in [-0.4, -0.2) is 12.6 Å². The highest BCUT2D eigenvalue weighted by atomic mass is 32.1. The van der Waals surface area contributed by atoms with E-state index >= 15 is 0 Å². The van der Waals surface area contributed by atoms with Gasteiger partial charge in [0.15, 0.2) is 0 Å². The van der Waals surface area contributed by atoms with E-state index in [0.717, 1.165) is 18.5 Å². The van der Waals surface area contributed by atoms with Crippen molar-refractivity contribution in [1.82, 2.24) is 5.32 Å². The fourth-order valence-electron chi connectivity index (χ4n) is 2.63. The molecule has 1 aromatic heterocycles. The molecule has 1 heterocycles. The SMILES string of the molecule is CCNC1CCCCC1c1ccc(C)s1. The number of hydrogen-bond donors (Lipinski definition) is 1. The maximum absolute atomic E-state index is 3.65. The molecule has 2 atom stereocenters. The number of rotatable bonds is 3. The molecule has 0 aliphatic heterocycles. The second kappa shape index (κ2) is 5.13. The molecule has 1 aliphatic rings. The summed E-state index contributed by atoms with van der Waals surface area (Å²) in [4.78, 5) is 3.05. The standard InChI is InChI=1S/C13H21NS/c1-3-14-12-7-5-4-6-11(12)13-9-8-10(2)15-13/h8-9,11-12,14H,3-7H2,1-2H3. The molecule has 2 rings (SSSR count). The Bertz CT molecular complexity index is 303. The van der Waals surface area contributed by atoms with Crippen LogP contribution in [0.15, 0.2) is 12.1 Å². The summed E-state index contributed by atoms with van der Waals surface area (Å²) < 4.78 is 0. The number of likely N-dealkylation sites (N-methyl/N-ethyl adjacent to an activating group) is 1. The Labute approximate surface area is 96.9 Å². The summed E-state index contributed by atoms with van der Waals surface area (Å²) in [7, 11) is 0. The lowest BCUT2D eigenvalue weighted by atomic mass is 9.83. The van der Waals surface area contributed by atoms with E-state index in [1.54, 1.807) is 4.88 Å². The van der Waals surface area contributed by atoms with Crippen LogP contribution in [0.2, 0.25) is 0 Å². The van der Waals surface area contributed by atoms with Gasteiger partial charge in [0.2, 0.25) is 0 Å². The van der Waals surface area contributed by atoms with Gasteiger partial charge in [0.05, 0.1) is 0 Å². The topological polar surface area (TPSA) is 12.0 Å². The van der Waals surface area contributed by atoms with Crippen molar-refractivity contribution < 1.29 is 0 Å². The van der Waals surface area contributed by atoms with Crippen molar-refractivity contribution in [3.8, 4) is 0 Å². The van der Waals surface area contributed by atoms with Gasteiger partial charge in [-0.3, -0.25) is 0 Å². The zero-order valence-corrected chi connectivity index (χ0v) is 10.6. The molecule has 0 saturated heterocycles. The van der Waals surface area contributed by atoms with Gasteiger partial charge in [0.1, 0.15) is 0 Å². The molecular formula is C13H21NS. The van der Waals surface area contributed by atoms with Crippen molar-refractivity contribution in [3.63, 3.8) is 0 Å². The molecule has 1 aromatic rings. The summed E-state index contributed by atoms with van der Waals surface area (Å²) >= 11 is 1.98. The summed E-state index contributed by atoms with van der Waals surface area (Å²) in [6.07, 6.45) is 5.54. The van der Waals surface area contributed by atoms with Gasteiger partial charge in [-0.05, 0) is 38.4 Å². The summed E-state index contributed by atoms with van der Waals surface area (Å²) in [5, 5.41) is 3.65. The van der Waals surface area contributed by atoms with Crippen LogP contribution in [0.25, 0.3) is 0 Å². The summed E-state index contributed by atoms with van der Waals surface area (Å²) in [6.45, 7) is 5.52. The molecule has 0 amide bonds. The first kappa shape index (κ1) is 11.2. The van der Waals surface area contributed by atoms with Crippen molar-refractivity contribution in [2.45, 2.75) is 51.5 Å². The first-order valence-corrected chi connectivity index (χ1v) is 6.92. The summed E-state index contributed by atoms with van der Waals surface area (Å²) in [5.41, 5.74) is 0. The average Bonchev–Trinajstić information content (AvgIpc) is 2.66. The molecule has 0 spiro atoms. The lowest BCUT2D eigenvalue weighted by Gasteiger charge is -2.31. The van der Waals surface area contributed by atoms with Gasteiger partial charge in [0, 0.05) is 21.7 Å². The van der Waals surface area contributed by atoms with E-state index in [1.165, 1.54) is 30.6 Å². The minimum absolute atomic E-state index is 0.724. The lowest BCUT2D eigenvalue weighted by molar-refractivity contribution is 0.336. The Morgan fingerprint density at radius 1 is 1.33 bits per heavy atom. The number of nitrogens with one attached hydrogen (secondary N) is 1. The van der Waals surface area contributed by atoms with Gasteiger partial charge in [-0.25, -0.2) is 0 Å². The van der Waals surface area contributed by atoms with Gasteiger partial charge in [0.25, 0.3) is 0 Å². The van der Waals surface area contributed by atoms with Crippen LogP contribution in [0.1, 0.15) is 48.3 Å². The van der Waals surface area contributed by atoms with Gasteiger partial charge in [-0.2, -0.15) is 0 Å². The molecule has 15 heavy (non-hydrogen) atoms. The maximum Gasteiger partial charge on any atom is 0.0144 e. The van der Waals surface area contributed by atoms with Crippen molar-refractivity contribution in [2.24, 2.45) is 0 Å². The number of aryl methyl sites for hydroxylation is 1. The molecule has 1 fully saturated rings. The van der Waals surface area contributed by atoms with E-state index in [9.17, 15) is 0 Å². The zero-order valence-electron chi connectivity index (χ0n) is 9.75. The van der Waals surface area contributed by atoms with Crippen molar-refractivity contribution in [1.29, 1.82) is 0 Å². The van der Waals surface area contributed by atoms with Gasteiger partial charge in [-0.1, -0.05) is 19.8 Å². The van der Waals surface area contributed by atoms with Crippen LogP contribution in [0.3, 0.4) is 0 Å². The Kier molecular flexibility index (Phi) is 3.81. The first-order valence-electron chi connectivity index (χ1n) is 6.11. The maximum atomic E-state index is 3.65. The normalized spacial score (nSPS) is 26.8. The van der Waals surface area contributed by atoms with Crippen LogP contribution >= 0.6 is 11.3 Å². The average molecular weight is 223 g/mol. The summed E-state index contributed by atoms with van der Waals surface area (Å²) in [6, 6.07) is 5.32. The van der Waals surface area contributed by atoms with Crippen LogP contribution in [0.5, 0.6) is 0 Å². The zero-order chi connectivity index (χ0) is 10.7. The van der Waals surface area contributed by atoms with Gasteiger partial charge in [-0.15, -0.1) is 11.3 Å². The number of hydrogen-bond acceptors (Lipinski definition) is 2. The first-order chi connectivity index (χ1) is 7.31. The molecule has 1 aliphatic carbocycles. The molecule has 2 unspecified atom stereocenters. The molecular weight excluding hydrogens is 202 g/mol. The largest absolute Gasteiger partial charge is 0.314 e. The Morgan fingerprint density at radius 2 is 2.13 bits per heavy atom. The monoisotopic (exact) mass is 223 g/mol. The second-order valence-electron chi connectivity index (χ2n) is 4.50. The third-order valence-corrected chi connectivity index (χ3v) is 4.49. The highest BCUT2D eigenvalue weighted by Crippen LogP contribution is 2.36. The fourth-order valence-corrected chi connectivity index (χ4v) is 3.71. The Morgan fingerprint density at radius 3 is 2.80 bits per heavy atom. The third kappa shape index (κ3) is 2.61. The molecule has 84 valence electrons. The quantitative estimate of drug-likeness (QED) is 0.824. The second-order valence-corrected chi connectivity index (χ2v) is 5.82. The highest BCUT2D eigenvalue weighted by Gasteiger charge is 2.26. The molecule has 2 heteroatoms. The predicted octanol–water partition coefficient (Wildman–Crippen LogP) is 3.69. The van der Waals surface area contributed by atoms with Crippen LogP contribution in [0, 0.1) is 6.92 Å². The minimum Gasteiger partial charge on any atom is -0.314 e. The Hall–Kier alpha value is -0.340. The van der Waals surface area contributed by atoms with Crippen molar-refractivity contribution in [2.75, 3.05) is 6.54 Å². The van der Waals surface area contributed by atoms with Crippen LogP contribution in [-0.2, 0) is 0 Å². The van der Waals surface area contributed by atoms with Crippen molar-refractivity contribution in [3.05, 3.63) is 21.9 Å². The lowest BCUT2D eigenvalue weighted by Crippen LogP contribution is -2.36. The van der Waals surface area contributed by atoms with Crippen LogP contribution < -0.4 is 5.32 Å². The molecule has 1 N–H and O–H groups in total. The van der Waals surface area contributed by atoms with Crippen molar-refractivity contribution >= 4 is 11.3 Å². The van der Waals surface area contributed by atoms with E-state index in [4.69, 9.17) is 0 Å². The third-order valence-electron chi connectivity index (χ3n) is 3.36. The molecule has 0 bridgehead atoms. The van der Waals surface area contributed by atoms with Gasteiger partial charge < -0.3 is 5.32 Å². The molecule has 0 aromatic carbocycles. The van der Waals surface area contributed by atoms with E-state index < -0.39 is 0 Å². The minimum atomic E-state index is 0.724.